The lowest BCUT2D eigenvalue weighted by Crippen LogP contribution is -2.24. The zero-order chi connectivity index (χ0) is 17.5. The molecule has 130 valence electrons. The molecule has 7 heteroatoms. The lowest BCUT2D eigenvalue weighted by Gasteiger charge is -2.10. The number of unbranched alkanes of at least 4 members (excludes halogenated alkanes) is 1. The van der Waals surface area contributed by atoms with Gasteiger partial charge in [0.15, 0.2) is 5.69 Å². The monoisotopic (exact) mass is 394 g/mol. The third-order valence-corrected chi connectivity index (χ3v) is 4.35. The van der Waals surface area contributed by atoms with Crippen molar-refractivity contribution in [1.82, 2.24) is 20.5 Å². The summed E-state index contributed by atoms with van der Waals surface area (Å²) in [5.74, 6) is 0.578. The molecule has 1 amide bonds. The van der Waals surface area contributed by atoms with Crippen LogP contribution in [0.4, 0.5) is 0 Å². The number of pyridine rings is 1. The van der Waals surface area contributed by atoms with Gasteiger partial charge in [0.2, 0.25) is 5.88 Å². The molecule has 2 aromatic heterocycles. The number of aromatic nitrogens is 3. The normalized spacial score (nSPS) is 10.9. The molecule has 0 aliphatic rings. The molecule has 0 aliphatic heterocycles. The summed E-state index contributed by atoms with van der Waals surface area (Å²) in [4.78, 5) is 16.6. The van der Waals surface area contributed by atoms with E-state index in [0.717, 1.165) is 24.1 Å². The molecule has 0 saturated heterocycles. The van der Waals surface area contributed by atoms with Gasteiger partial charge in [-0.05, 0) is 34.3 Å². The van der Waals surface area contributed by atoms with E-state index in [1.807, 2.05) is 26.0 Å². The van der Waals surface area contributed by atoms with Crippen molar-refractivity contribution in [2.24, 2.45) is 0 Å². The minimum Gasteiger partial charge on any atom is -0.477 e. The summed E-state index contributed by atoms with van der Waals surface area (Å²) in [5.41, 5.74) is 2.11. The molecule has 0 spiro atoms. The second-order valence-electron chi connectivity index (χ2n) is 5.81. The number of aromatic amines is 1. The predicted molar refractivity (Wildman–Crippen MR) is 96.2 cm³/mol. The van der Waals surface area contributed by atoms with Crippen LogP contribution in [0.2, 0.25) is 0 Å². The number of hydrogen-bond acceptors (Lipinski definition) is 4. The fourth-order valence-corrected chi connectivity index (χ4v) is 2.95. The minimum atomic E-state index is -0.242. The molecule has 0 bridgehead atoms. The fraction of sp³-hybridized carbons (Fsp3) is 0.471. The molecule has 6 nitrogen and oxygen atoms in total. The number of carbonyl (C=O) groups excluding carboxylic acids is 1. The number of H-pyrrole nitrogens is 1. The SMILES string of the molecule is CCCCOc1ncccc1CNC(=O)c1n[nH]c(C(C)C)c1Br. The van der Waals surface area contributed by atoms with E-state index in [1.54, 1.807) is 6.20 Å². The summed E-state index contributed by atoms with van der Waals surface area (Å²) in [6.45, 7) is 7.14. The fourth-order valence-electron chi connectivity index (χ4n) is 2.14. The number of nitrogens with one attached hydrogen (secondary N) is 2. The van der Waals surface area contributed by atoms with Gasteiger partial charge in [0.25, 0.3) is 5.91 Å². The first-order chi connectivity index (χ1) is 11.5. The second-order valence-corrected chi connectivity index (χ2v) is 6.60. The van der Waals surface area contributed by atoms with Crippen molar-refractivity contribution in [3.63, 3.8) is 0 Å². The summed E-state index contributed by atoms with van der Waals surface area (Å²) in [6, 6.07) is 3.73. The maximum absolute atomic E-state index is 12.4. The molecule has 0 aliphatic carbocycles. The number of halogens is 1. The molecule has 2 heterocycles. The first kappa shape index (κ1) is 18.4. The first-order valence-corrected chi connectivity index (χ1v) is 8.92. The molecule has 0 saturated carbocycles. The number of amides is 1. The van der Waals surface area contributed by atoms with Gasteiger partial charge in [0, 0.05) is 18.3 Å². The first-order valence-electron chi connectivity index (χ1n) is 8.13. The largest absolute Gasteiger partial charge is 0.477 e. The highest BCUT2D eigenvalue weighted by Gasteiger charge is 2.19. The van der Waals surface area contributed by atoms with Crippen LogP contribution in [-0.2, 0) is 6.54 Å². The maximum Gasteiger partial charge on any atom is 0.273 e. The van der Waals surface area contributed by atoms with Crippen LogP contribution in [0.15, 0.2) is 22.8 Å². The smallest absolute Gasteiger partial charge is 0.273 e. The van der Waals surface area contributed by atoms with E-state index in [-0.39, 0.29) is 11.8 Å². The van der Waals surface area contributed by atoms with Crippen molar-refractivity contribution in [1.29, 1.82) is 0 Å². The minimum absolute atomic E-state index is 0.242. The van der Waals surface area contributed by atoms with Gasteiger partial charge in [-0.2, -0.15) is 5.10 Å². The van der Waals surface area contributed by atoms with Crippen LogP contribution in [0.3, 0.4) is 0 Å². The van der Waals surface area contributed by atoms with E-state index < -0.39 is 0 Å². The number of nitrogens with zero attached hydrogens (tertiary/aromatic N) is 2. The van der Waals surface area contributed by atoms with Crippen LogP contribution >= 0.6 is 15.9 Å². The van der Waals surface area contributed by atoms with Crippen LogP contribution in [0.25, 0.3) is 0 Å². The quantitative estimate of drug-likeness (QED) is 0.667. The van der Waals surface area contributed by atoms with Crippen LogP contribution in [0, 0.1) is 0 Å². The summed E-state index contributed by atoms with van der Waals surface area (Å²) < 4.78 is 6.39. The lowest BCUT2D eigenvalue weighted by molar-refractivity contribution is 0.0944. The Balaban J connectivity index is 2.02. The van der Waals surface area contributed by atoms with Crippen molar-refractivity contribution in [2.75, 3.05) is 6.61 Å². The van der Waals surface area contributed by atoms with Crippen LogP contribution in [0.1, 0.15) is 61.3 Å². The van der Waals surface area contributed by atoms with Gasteiger partial charge in [0.05, 0.1) is 16.8 Å². The summed E-state index contributed by atoms with van der Waals surface area (Å²) in [5, 5.41) is 9.87. The standard InChI is InChI=1S/C17H23BrN4O2/c1-4-5-9-24-17-12(7-6-8-19-17)10-20-16(23)15-13(18)14(11(2)3)21-22-15/h6-8,11H,4-5,9-10H2,1-3H3,(H,20,23)(H,21,22). The zero-order valence-electron chi connectivity index (χ0n) is 14.2. The van der Waals surface area contributed by atoms with Crippen LogP contribution < -0.4 is 10.1 Å². The number of rotatable bonds is 8. The highest BCUT2D eigenvalue weighted by Crippen LogP contribution is 2.25. The third-order valence-electron chi connectivity index (χ3n) is 3.55. The molecular formula is C17H23BrN4O2. The Kier molecular flexibility index (Phi) is 6.78. The summed E-state index contributed by atoms with van der Waals surface area (Å²) in [6.07, 6.45) is 3.72. The highest BCUT2D eigenvalue weighted by atomic mass is 79.9. The molecule has 0 fully saturated rings. The maximum atomic E-state index is 12.4. The lowest BCUT2D eigenvalue weighted by atomic mass is 10.1. The Morgan fingerprint density at radius 3 is 2.92 bits per heavy atom. The molecule has 0 radical (unpaired) electrons. The van der Waals surface area contributed by atoms with Crippen LogP contribution in [-0.4, -0.2) is 27.7 Å². The number of hydrogen-bond donors (Lipinski definition) is 2. The summed E-state index contributed by atoms with van der Waals surface area (Å²) >= 11 is 3.44. The van der Waals surface area contributed by atoms with Gasteiger partial charge in [-0.25, -0.2) is 4.98 Å². The Labute approximate surface area is 150 Å². The molecule has 24 heavy (non-hydrogen) atoms. The predicted octanol–water partition coefficient (Wildman–Crippen LogP) is 3.80. The van der Waals surface area contributed by atoms with Gasteiger partial charge in [-0.1, -0.05) is 33.3 Å². The van der Waals surface area contributed by atoms with Crippen molar-refractivity contribution < 1.29 is 9.53 Å². The Morgan fingerprint density at radius 2 is 2.25 bits per heavy atom. The topological polar surface area (TPSA) is 79.9 Å². The summed E-state index contributed by atoms with van der Waals surface area (Å²) in [7, 11) is 0. The van der Waals surface area contributed by atoms with Crippen molar-refractivity contribution >= 4 is 21.8 Å². The van der Waals surface area contributed by atoms with Gasteiger partial charge in [-0.3, -0.25) is 9.89 Å². The molecule has 0 unspecified atom stereocenters. The van der Waals surface area contributed by atoms with Crippen molar-refractivity contribution in [2.45, 2.75) is 46.1 Å². The van der Waals surface area contributed by atoms with E-state index in [9.17, 15) is 4.79 Å². The molecule has 0 aromatic carbocycles. The van der Waals surface area contributed by atoms with E-state index in [1.165, 1.54) is 0 Å². The molecule has 2 rings (SSSR count). The molecular weight excluding hydrogens is 372 g/mol. The van der Waals surface area contributed by atoms with Crippen molar-refractivity contribution in [3.8, 4) is 5.88 Å². The van der Waals surface area contributed by atoms with Gasteiger partial charge >= 0.3 is 0 Å². The van der Waals surface area contributed by atoms with E-state index in [0.29, 0.717) is 29.2 Å². The number of ether oxygens (including phenoxy) is 1. The average molecular weight is 395 g/mol. The van der Waals surface area contributed by atoms with E-state index in [2.05, 4.69) is 43.4 Å². The third kappa shape index (κ3) is 4.56. The van der Waals surface area contributed by atoms with E-state index in [4.69, 9.17) is 4.74 Å². The average Bonchev–Trinajstić information content (AvgIpc) is 2.96. The van der Waals surface area contributed by atoms with Gasteiger partial charge < -0.3 is 10.1 Å². The van der Waals surface area contributed by atoms with Gasteiger partial charge in [-0.15, -0.1) is 0 Å². The molecule has 0 atom stereocenters. The number of carbonyl (C=O) groups is 1. The Hall–Kier alpha value is -1.89. The van der Waals surface area contributed by atoms with Crippen LogP contribution in [0.5, 0.6) is 5.88 Å². The Morgan fingerprint density at radius 1 is 1.46 bits per heavy atom. The second kappa shape index (κ2) is 8.82. The highest BCUT2D eigenvalue weighted by molar-refractivity contribution is 9.10. The Bertz CT molecular complexity index is 685. The van der Waals surface area contributed by atoms with Gasteiger partial charge in [0.1, 0.15) is 0 Å². The zero-order valence-corrected chi connectivity index (χ0v) is 15.8. The van der Waals surface area contributed by atoms with E-state index >= 15 is 0 Å². The molecule has 2 aromatic rings. The van der Waals surface area contributed by atoms with Crippen molar-refractivity contribution in [3.05, 3.63) is 39.8 Å². The molecule has 2 N–H and O–H groups in total.